The topological polar surface area (TPSA) is 25.2 Å². The lowest BCUT2D eigenvalue weighted by molar-refractivity contribution is 0.626. The molecule has 50 valence electrons. The van der Waals surface area contributed by atoms with E-state index in [2.05, 4.69) is 27.4 Å². The van der Waals surface area contributed by atoms with Gasteiger partial charge in [-0.05, 0) is 18.3 Å². The fourth-order valence-corrected chi connectivity index (χ4v) is 0.595. The minimum Gasteiger partial charge on any atom is -0.236 e. The second-order valence-electron chi connectivity index (χ2n) is 1.54. The Bertz CT molecular complexity index is 281. The average molecular weight is 154 g/mol. The molecule has 4 heteroatoms. The van der Waals surface area contributed by atoms with Crippen molar-refractivity contribution >= 4 is 23.2 Å². The first-order valence-corrected chi connectivity index (χ1v) is 2.93. The molecule has 10 heavy (non-hydrogen) atoms. The van der Waals surface area contributed by atoms with E-state index >= 15 is 0 Å². The average Bonchev–Trinajstić information content (AvgIpc) is 1.88. The first-order chi connectivity index (χ1) is 4.83. The van der Waals surface area contributed by atoms with Gasteiger partial charge in [-0.1, -0.05) is 0 Å². The van der Waals surface area contributed by atoms with Gasteiger partial charge in [-0.25, -0.2) is 9.37 Å². The lowest BCUT2D eigenvalue weighted by Gasteiger charge is -1.87. The Morgan fingerprint density at radius 1 is 1.70 bits per heavy atom. The number of aliphatic imine (C=N–C) groups is 1. The van der Waals surface area contributed by atoms with Gasteiger partial charge < -0.3 is 0 Å². The van der Waals surface area contributed by atoms with Crippen molar-refractivity contribution in [2.75, 3.05) is 0 Å². The van der Waals surface area contributed by atoms with Gasteiger partial charge in [0.2, 0.25) is 0 Å². The summed E-state index contributed by atoms with van der Waals surface area (Å²) in [6.45, 7) is 0. The third-order valence-corrected chi connectivity index (χ3v) is 0.959. The van der Waals surface area contributed by atoms with Gasteiger partial charge in [0.25, 0.3) is 0 Å². The summed E-state index contributed by atoms with van der Waals surface area (Å²) in [6, 6.07) is 2.42. The van der Waals surface area contributed by atoms with E-state index in [9.17, 15) is 4.39 Å². The monoisotopic (exact) mass is 154 g/mol. The quantitative estimate of drug-likeness (QED) is 0.456. The summed E-state index contributed by atoms with van der Waals surface area (Å²) in [4.78, 5) is 7.17. The van der Waals surface area contributed by atoms with E-state index in [1.54, 1.807) is 0 Å². The molecule has 0 saturated carbocycles. The highest BCUT2D eigenvalue weighted by Crippen LogP contribution is 2.06. The summed E-state index contributed by atoms with van der Waals surface area (Å²) < 4.78 is 12.3. The molecule has 0 aromatic carbocycles. The molecule has 1 aromatic heterocycles. The van der Waals surface area contributed by atoms with Crippen LogP contribution in [0.2, 0.25) is 0 Å². The molecule has 1 aromatic rings. The van der Waals surface area contributed by atoms with Crippen LogP contribution in [0.3, 0.4) is 0 Å². The van der Waals surface area contributed by atoms with Gasteiger partial charge in [0.15, 0.2) is 5.82 Å². The third-order valence-electron chi connectivity index (χ3n) is 0.868. The number of hydrogen-bond acceptors (Lipinski definition) is 3. The van der Waals surface area contributed by atoms with Gasteiger partial charge >= 0.3 is 0 Å². The van der Waals surface area contributed by atoms with E-state index in [-0.39, 0.29) is 11.6 Å². The molecular weight excluding hydrogens is 151 g/mol. The van der Waals surface area contributed by atoms with Crippen LogP contribution >= 0.6 is 12.2 Å². The molecule has 0 aliphatic carbocycles. The Hall–Kier alpha value is -1.12. The number of halogens is 1. The molecule has 0 bridgehead atoms. The number of nitrogens with zero attached hydrogens (tertiary/aromatic N) is 2. The zero-order chi connectivity index (χ0) is 7.40. The van der Waals surface area contributed by atoms with E-state index in [1.807, 2.05) is 0 Å². The molecule has 1 rings (SSSR count). The van der Waals surface area contributed by atoms with Gasteiger partial charge in [-0.3, -0.25) is 0 Å². The van der Waals surface area contributed by atoms with Crippen molar-refractivity contribution in [3.63, 3.8) is 0 Å². The van der Waals surface area contributed by atoms with E-state index in [1.165, 1.54) is 18.3 Å². The van der Waals surface area contributed by atoms with E-state index in [4.69, 9.17) is 0 Å². The Morgan fingerprint density at radius 3 is 3.10 bits per heavy atom. The highest BCUT2D eigenvalue weighted by atomic mass is 32.1. The molecule has 0 saturated heterocycles. The fourth-order valence-electron chi connectivity index (χ4n) is 0.501. The van der Waals surface area contributed by atoms with Crippen LogP contribution in [0.1, 0.15) is 0 Å². The zero-order valence-corrected chi connectivity index (χ0v) is 5.73. The smallest absolute Gasteiger partial charge is 0.165 e. The van der Waals surface area contributed by atoms with Crippen molar-refractivity contribution in [3.05, 3.63) is 24.1 Å². The molecule has 0 aliphatic heterocycles. The summed E-state index contributed by atoms with van der Waals surface area (Å²) in [5.74, 6) is -0.131. The second kappa shape index (κ2) is 3.15. The molecule has 1 heterocycles. The van der Waals surface area contributed by atoms with Crippen LogP contribution in [0.5, 0.6) is 0 Å². The van der Waals surface area contributed by atoms with Gasteiger partial charge in [-0.2, -0.15) is 4.99 Å². The van der Waals surface area contributed by atoms with Crippen LogP contribution in [0, 0.1) is 5.82 Å². The number of rotatable bonds is 1. The predicted octanol–water partition coefficient (Wildman–Crippen LogP) is 1.96. The number of thiocarbonyl (C=S) groups is 1. The van der Waals surface area contributed by atoms with Gasteiger partial charge in [0.1, 0.15) is 5.82 Å². The number of pyridine rings is 1. The normalized spacial score (nSPS) is 8.50. The van der Waals surface area contributed by atoms with Crippen molar-refractivity contribution < 1.29 is 4.39 Å². The van der Waals surface area contributed by atoms with Crippen molar-refractivity contribution in [2.45, 2.75) is 0 Å². The summed E-state index contributed by atoms with van der Waals surface area (Å²) in [6.07, 6.45) is 1.32. The Kier molecular flexibility index (Phi) is 2.20. The first kappa shape index (κ1) is 6.99. The molecular formula is C6H3FN2S. The summed E-state index contributed by atoms with van der Waals surface area (Å²) in [7, 11) is 0. The van der Waals surface area contributed by atoms with Gasteiger partial charge in [0, 0.05) is 12.3 Å². The molecule has 0 amide bonds. The minimum absolute atomic E-state index is 0.245. The van der Waals surface area contributed by atoms with Gasteiger partial charge in [-0.15, -0.1) is 0 Å². The summed E-state index contributed by atoms with van der Waals surface area (Å²) >= 11 is 4.30. The zero-order valence-electron chi connectivity index (χ0n) is 4.91. The maximum atomic E-state index is 12.3. The second-order valence-corrected chi connectivity index (χ2v) is 1.72. The molecule has 0 aliphatic rings. The number of aromatic nitrogens is 1. The van der Waals surface area contributed by atoms with Crippen LogP contribution in [0.4, 0.5) is 10.2 Å². The number of isothiocyanates is 1. The Balaban J connectivity index is 3.06. The molecule has 0 N–H and O–H groups in total. The highest BCUT2D eigenvalue weighted by Gasteiger charge is 1.90. The molecule has 0 radical (unpaired) electrons. The lowest BCUT2D eigenvalue weighted by atomic mass is 10.4. The van der Waals surface area contributed by atoms with Crippen LogP contribution < -0.4 is 0 Å². The standard InChI is InChI=1S/C6H3FN2S/c7-5-1-2-8-6(3-5)9-4-10/h1-3H. The number of hydrogen-bond donors (Lipinski definition) is 0. The fraction of sp³-hybridized carbons (Fsp3) is 0. The maximum Gasteiger partial charge on any atom is 0.165 e. The summed E-state index contributed by atoms with van der Waals surface area (Å²) in [5.41, 5.74) is 0. The largest absolute Gasteiger partial charge is 0.236 e. The van der Waals surface area contributed by atoms with Crippen LogP contribution in [0.15, 0.2) is 23.3 Å². The molecule has 0 fully saturated rings. The third kappa shape index (κ3) is 1.69. The molecule has 2 nitrogen and oxygen atoms in total. The lowest BCUT2D eigenvalue weighted by Crippen LogP contribution is -1.74. The molecule has 0 atom stereocenters. The van der Waals surface area contributed by atoms with E-state index < -0.39 is 0 Å². The minimum atomic E-state index is -0.376. The predicted molar refractivity (Wildman–Crippen MR) is 38.9 cm³/mol. The van der Waals surface area contributed by atoms with Crippen molar-refractivity contribution in [1.82, 2.24) is 4.98 Å². The Labute approximate surface area is 62.4 Å². The summed E-state index contributed by atoms with van der Waals surface area (Å²) in [5, 5.41) is 2.09. The van der Waals surface area contributed by atoms with Gasteiger partial charge in [0.05, 0.1) is 5.16 Å². The SMILES string of the molecule is Fc1ccnc(N=C=S)c1. The van der Waals surface area contributed by atoms with Crippen molar-refractivity contribution in [3.8, 4) is 0 Å². The highest BCUT2D eigenvalue weighted by molar-refractivity contribution is 7.78. The van der Waals surface area contributed by atoms with Crippen molar-refractivity contribution in [1.29, 1.82) is 0 Å². The first-order valence-electron chi connectivity index (χ1n) is 2.52. The van der Waals surface area contributed by atoms with E-state index in [0.29, 0.717) is 0 Å². The molecule has 0 unspecified atom stereocenters. The molecule has 0 spiro atoms. The van der Waals surface area contributed by atoms with Crippen LogP contribution in [-0.2, 0) is 0 Å². The Morgan fingerprint density at radius 2 is 2.50 bits per heavy atom. The van der Waals surface area contributed by atoms with Crippen LogP contribution in [0.25, 0.3) is 0 Å². The van der Waals surface area contributed by atoms with Crippen LogP contribution in [-0.4, -0.2) is 10.1 Å². The maximum absolute atomic E-state index is 12.3. The van der Waals surface area contributed by atoms with E-state index in [0.717, 1.165) is 0 Å². The van der Waals surface area contributed by atoms with Crippen molar-refractivity contribution in [2.24, 2.45) is 4.99 Å².